The first-order valence-corrected chi connectivity index (χ1v) is 6.78. The van der Waals surface area contributed by atoms with E-state index in [1.807, 2.05) is 12.1 Å². The van der Waals surface area contributed by atoms with Gasteiger partial charge >= 0.3 is 0 Å². The lowest BCUT2D eigenvalue weighted by Crippen LogP contribution is -2.29. The van der Waals surface area contributed by atoms with Gasteiger partial charge < -0.3 is 0 Å². The van der Waals surface area contributed by atoms with Crippen LogP contribution in [0.3, 0.4) is 0 Å². The minimum Gasteiger partial charge on any atom is -0.299 e. The molecule has 0 radical (unpaired) electrons. The van der Waals surface area contributed by atoms with Crippen molar-refractivity contribution in [1.29, 1.82) is 0 Å². The van der Waals surface area contributed by atoms with Crippen molar-refractivity contribution < 1.29 is 0 Å². The molecule has 1 nitrogen and oxygen atoms in total. The van der Waals surface area contributed by atoms with Crippen molar-refractivity contribution >= 4 is 17.2 Å². The van der Waals surface area contributed by atoms with Crippen LogP contribution < -0.4 is 0 Å². The van der Waals surface area contributed by atoms with E-state index < -0.39 is 0 Å². The summed E-state index contributed by atoms with van der Waals surface area (Å²) < 4.78 is 0. The van der Waals surface area contributed by atoms with Gasteiger partial charge in [-0.25, -0.2) is 0 Å². The van der Waals surface area contributed by atoms with Crippen LogP contribution in [0.4, 0.5) is 0 Å². The first-order valence-electron chi connectivity index (χ1n) is 6.40. The van der Waals surface area contributed by atoms with Crippen LogP contribution in [0.15, 0.2) is 30.3 Å². The normalized spacial score (nSPS) is 16.1. The molecule has 0 saturated carbocycles. The summed E-state index contributed by atoms with van der Waals surface area (Å²) >= 11 is 5.90. The molecule has 0 spiro atoms. The van der Waals surface area contributed by atoms with Gasteiger partial charge in [0.1, 0.15) is 0 Å². The van der Waals surface area contributed by atoms with Crippen molar-refractivity contribution in [3.8, 4) is 12.3 Å². The summed E-state index contributed by atoms with van der Waals surface area (Å²) in [7, 11) is 0. The van der Waals surface area contributed by atoms with Crippen molar-refractivity contribution in [2.45, 2.75) is 19.3 Å². The number of hydrogen-bond donors (Lipinski definition) is 0. The Bertz CT molecular complexity index is 453. The predicted octanol–water partition coefficient (Wildman–Crippen LogP) is 3.84. The molecule has 0 aliphatic carbocycles. The topological polar surface area (TPSA) is 3.24 Å². The third-order valence-electron chi connectivity index (χ3n) is 3.30. The van der Waals surface area contributed by atoms with Crippen LogP contribution in [0.5, 0.6) is 0 Å². The van der Waals surface area contributed by atoms with Crippen LogP contribution in [0, 0.1) is 12.3 Å². The number of benzene rings is 1. The van der Waals surface area contributed by atoms with Crippen LogP contribution in [0.25, 0.3) is 5.57 Å². The van der Waals surface area contributed by atoms with E-state index in [4.69, 9.17) is 18.0 Å². The Kier molecular flexibility index (Phi) is 4.87. The van der Waals surface area contributed by atoms with E-state index >= 15 is 0 Å². The fraction of sp³-hybridized carbons (Fsp3) is 0.375. The second kappa shape index (κ2) is 6.64. The second-order valence-electron chi connectivity index (χ2n) is 4.59. The molecule has 0 aromatic heterocycles. The number of nitrogens with zero attached hydrogens (tertiary/aromatic N) is 1. The fourth-order valence-electron chi connectivity index (χ4n) is 2.25. The zero-order valence-electron chi connectivity index (χ0n) is 10.5. The molecule has 0 amide bonds. The molecule has 2 heteroatoms. The minimum atomic E-state index is 0.797. The van der Waals surface area contributed by atoms with E-state index in [-0.39, 0.29) is 0 Å². The Hall–Kier alpha value is -1.23. The quantitative estimate of drug-likeness (QED) is 0.587. The summed E-state index contributed by atoms with van der Waals surface area (Å²) in [6.07, 6.45) is 10.7. The summed E-state index contributed by atoms with van der Waals surface area (Å²) in [6.45, 7) is 3.26. The lowest BCUT2D eigenvalue weighted by Gasteiger charge is -2.26. The molecule has 1 aromatic rings. The molecule has 1 aromatic carbocycles. The summed E-state index contributed by atoms with van der Waals surface area (Å²) in [6, 6.07) is 8.11. The van der Waals surface area contributed by atoms with Crippen LogP contribution in [-0.2, 0) is 0 Å². The van der Waals surface area contributed by atoms with E-state index in [0.29, 0.717) is 0 Å². The number of unbranched alkanes of at least 4 members (excludes halogenated alkanes) is 1. The van der Waals surface area contributed by atoms with Crippen LogP contribution in [-0.4, -0.2) is 24.5 Å². The van der Waals surface area contributed by atoms with Crippen molar-refractivity contribution in [3.63, 3.8) is 0 Å². The Labute approximate surface area is 114 Å². The maximum absolute atomic E-state index is 5.90. The second-order valence-corrected chi connectivity index (χ2v) is 5.03. The zero-order chi connectivity index (χ0) is 12.8. The molecular weight excluding hydrogens is 242 g/mol. The molecule has 1 aliphatic heterocycles. The molecule has 0 saturated heterocycles. The SMILES string of the molecule is C#CCCCN1CC=C(c2ccc(Cl)cc2)CC1. The Morgan fingerprint density at radius 1 is 1.28 bits per heavy atom. The molecule has 0 fully saturated rings. The van der Waals surface area contributed by atoms with Gasteiger partial charge in [0.15, 0.2) is 0 Å². The number of hydrogen-bond acceptors (Lipinski definition) is 1. The molecule has 0 atom stereocenters. The highest BCUT2D eigenvalue weighted by atomic mass is 35.5. The zero-order valence-corrected chi connectivity index (χ0v) is 11.3. The third-order valence-corrected chi connectivity index (χ3v) is 3.56. The number of rotatable bonds is 4. The number of terminal acetylenes is 1. The molecule has 0 N–H and O–H groups in total. The molecule has 0 bridgehead atoms. The van der Waals surface area contributed by atoms with E-state index in [9.17, 15) is 0 Å². The van der Waals surface area contributed by atoms with Crippen LogP contribution in [0.1, 0.15) is 24.8 Å². The Morgan fingerprint density at radius 2 is 2.06 bits per heavy atom. The maximum atomic E-state index is 5.90. The lowest BCUT2D eigenvalue weighted by atomic mass is 9.99. The van der Waals surface area contributed by atoms with Crippen molar-refractivity contribution in [2.24, 2.45) is 0 Å². The molecule has 1 aliphatic rings. The summed E-state index contributed by atoms with van der Waals surface area (Å²) in [4.78, 5) is 2.46. The van der Waals surface area contributed by atoms with Gasteiger partial charge in [-0.1, -0.05) is 29.8 Å². The third kappa shape index (κ3) is 3.63. The molecule has 18 heavy (non-hydrogen) atoms. The monoisotopic (exact) mass is 259 g/mol. The van der Waals surface area contributed by atoms with E-state index in [1.165, 1.54) is 11.1 Å². The lowest BCUT2D eigenvalue weighted by molar-refractivity contribution is 0.299. The van der Waals surface area contributed by atoms with E-state index in [0.717, 1.165) is 43.9 Å². The highest BCUT2D eigenvalue weighted by Crippen LogP contribution is 2.23. The molecule has 94 valence electrons. The van der Waals surface area contributed by atoms with Gasteiger partial charge in [0, 0.05) is 24.5 Å². The van der Waals surface area contributed by atoms with Crippen LogP contribution in [0.2, 0.25) is 5.02 Å². The van der Waals surface area contributed by atoms with Crippen LogP contribution >= 0.6 is 11.6 Å². The van der Waals surface area contributed by atoms with Gasteiger partial charge in [0.25, 0.3) is 0 Å². The standard InChI is InChI=1S/C16H18ClN/c1-2-3-4-11-18-12-9-15(10-13-18)14-5-7-16(17)8-6-14/h1,5-9H,3-4,10-13H2. The predicted molar refractivity (Wildman–Crippen MR) is 78.6 cm³/mol. The number of halogens is 1. The van der Waals surface area contributed by atoms with Gasteiger partial charge in [-0.05, 0) is 42.7 Å². The first-order chi connectivity index (χ1) is 8.79. The minimum absolute atomic E-state index is 0.797. The highest BCUT2D eigenvalue weighted by molar-refractivity contribution is 6.30. The highest BCUT2D eigenvalue weighted by Gasteiger charge is 2.12. The molecule has 2 rings (SSSR count). The van der Waals surface area contributed by atoms with Gasteiger partial charge in [0.05, 0.1) is 0 Å². The van der Waals surface area contributed by atoms with Gasteiger partial charge in [-0.2, -0.15) is 0 Å². The van der Waals surface area contributed by atoms with Crippen molar-refractivity contribution in [1.82, 2.24) is 4.90 Å². The largest absolute Gasteiger partial charge is 0.299 e. The fourth-order valence-corrected chi connectivity index (χ4v) is 2.37. The molecular formula is C16H18ClN. The van der Waals surface area contributed by atoms with Gasteiger partial charge in [-0.15, -0.1) is 12.3 Å². The summed E-state index contributed by atoms with van der Waals surface area (Å²) in [5.41, 5.74) is 2.72. The average Bonchev–Trinajstić information content (AvgIpc) is 2.41. The average molecular weight is 260 g/mol. The van der Waals surface area contributed by atoms with E-state index in [2.05, 4.69) is 29.0 Å². The Balaban J connectivity index is 1.90. The van der Waals surface area contributed by atoms with Crippen molar-refractivity contribution in [3.05, 3.63) is 40.9 Å². The molecule has 1 heterocycles. The van der Waals surface area contributed by atoms with E-state index in [1.54, 1.807) is 0 Å². The maximum Gasteiger partial charge on any atom is 0.0406 e. The van der Waals surface area contributed by atoms with Gasteiger partial charge in [-0.3, -0.25) is 4.90 Å². The Morgan fingerprint density at radius 3 is 2.67 bits per heavy atom. The smallest absolute Gasteiger partial charge is 0.0406 e. The van der Waals surface area contributed by atoms with Crippen molar-refractivity contribution in [2.75, 3.05) is 19.6 Å². The van der Waals surface area contributed by atoms with Gasteiger partial charge in [0.2, 0.25) is 0 Å². The first kappa shape index (κ1) is 13.2. The summed E-state index contributed by atoms with van der Waals surface area (Å²) in [5, 5.41) is 0.797. The summed E-state index contributed by atoms with van der Waals surface area (Å²) in [5.74, 6) is 2.69. The molecule has 0 unspecified atom stereocenters.